The molecule has 1 saturated heterocycles. The fraction of sp³-hybridized carbons (Fsp3) is 0.357. The summed E-state index contributed by atoms with van der Waals surface area (Å²) in [6.07, 6.45) is 4.72. The molecule has 10 nitrogen and oxygen atoms in total. The van der Waals surface area contributed by atoms with Gasteiger partial charge in [-0.05, 0) is 62.1 Å². The Labute approximate surface area is 220 Å². The van der Waals surface area contributed by atoms with Gasteiger partial charge in [0.1, 0.15) is 29.3 Å². The number of hydrogen-bond donors (Lipinski definition) is 2. The minimum atomic E-state index is -0.825. The van der Waals surface area contributed by atoms with Gasteiger partial charge < -0.3 is 20.5 Å². The number of piperazine rings is 1. The molecule has 1 amide bonds. The number of hydrogen-bond acceptors (Lipinski definition) is 7. The van der Waals surface area contributed by atoms with E-state index in [2.05, 4.69) is 14.9 Å². The van der Waals surface area contributed by atoms with Crippen molar-refractivity contribution in [2.75, 3.05) is 31.9 Å². The van der Waals surface area contributed by atoms with Gasteiger partial charge >= 0.3 is 6.09 Å². The first-order valence-electron chi connectivity index (χ1n) is 13.1. The smallest absolute Gasteiger partial charge is 0.407 e. The summed E-state index contributed by atoms with van der Waals surface area (Å²) >= 11 is 0. The third kappa shape index (κ3) is 4.74. The van der Waals surface area contributed by atoms with Crippen LogP contribution in [-0.2, 0) is 0 Å². The highest BCUT2D eigenvalue weighted by Gasteiger charge is 2.31. The van der Waals surface area contributed by atoms with Crippen molar-refractivity contribution < 1.29 is 14.6 Å². The van der Waals surface area contributed by atoms with Crippen LogP contribution in [-0.4, -0.2) is 73.0 Å². The van der Waals surface area contributed by atoms with E-state index in [9.17, 15) is 9.90 Å². The lowest BCUT2D eigenvalue weighted by Crippen LogP contribution is -2.52. The fourth-order valence-electron chi connectivity index (χ4n) is 5.70. The second kappa shape index (κ2) is 10.3. The van der Waals surface area contributed by atoms with Gasteiger partial charge in [-0.25, -0.2) is 19.4 Å². The zero-order chi connectivity index (χ0) is 26.1. The third-order valence-corrected chi connectivity index (χ3v) is 7.74. The van der Waals surface area contributed by atoms with E-state index in [1.54, 1.807) is 0 Å². The molecule has 10 heteroatoms. The number of amides is 1. The molecule has 0 spiro atoms. The van der Waals surface area contributed by atoms with Gasteiger partial charge in [-0.2, -0.15) is 5.10 Å². The Morgan fingerprint density at radius 2 is 1.53 bits per heavy atom. The first-order valence-corrected chi connectivity index (χ1v) is 13.1. The Bertz CT molecular complexity index is 1410. The summed E-state index contributed by atoms with van der Waals surface area (Å²) in [6.45, 7) is 2.75. The minimum Gasteiger partial charge on any atom is -0.465 e. The topological polar surface area (TPSA) is 123 Å². The normalized spacial score (nSPS) is 20.5. The number of nitrogen functional groups attached to an aromatic ring is 1. The van der Waals surface area contributed by atoms with Crippen molar-refractivity contribution in [3.63, 3.8) is 0 Å². The number of para-hydroxylation sites is 1. The molecule has 2 aromatic heterocycles. The molecule has 0 bridgehead atoms. The third-order valence-electron chi connectivity index (χ3n) is 7.74. The van der Waals surface area contributed by atoms with Gasteiger partial charge in [0, 0.05) is 37.8 Å². The number of anilines is 1. The molecule has 196 valence electrons. The lowest BCUT2D eigenvalue weighted by Gasteiger charge is -2.41. The largest absolute Gasteiger partial charge is 0.465 e. The van der Waals surface area contributed by atoms with Crippen molar-refractivity contribution >= 4 is 22.9 Å². The number of rotatable bonds is 5. The number of nitrogens with zero attached hydrogens (tertiary/aromatic N) is 6. The van der Waals surface area contributed by atoms with Crippen molar-refractivity contribution in [1.82, 2.24) is 29.5 Å². The molecular formula is C28H31N7O3. The number of ether oxygens (including phenoxy) is 1. The molecule has 4 aromatic rings. The van der Waals surface area contributed by atoms with Gasteiger partial charge in [0.15, 0.2) is 5.65 Å². The first kappa shape index (κ1) is 24.2. The zero-order valence-electron chi connectivity index (χ0n) is 21.1. The van der Waals surface area contributed by atoms with Crippen molar-refractivity contribution in [2.24, 2.45) is 0 Å². The Morgan fingerprint density at radius 3 is 2.21 bits per heavy atom. The van der Waals surface area contributed by atoms with Gasteiger partial charge in [-0.1, -0.05) is 18.2 Å². The highest BCUT2D eigenvalue weighted by atomic mass is 16.5. The van der Waals surface area contributed by atoms with Crippen molar-refractivity contribution in [2.45, 2.75) is 37.8 Å². The van der Waals surface area contributed by atoms with Gasteiger partial charge in [0.2, 0.25) is 0 Å². The molecule has 0 atom stereocenters. The van der Waals surface area contributed by atoms with Gasteiger partial charge in [0.25, 0.3) is 0 Å². The Hall–Kier alpha value is -4.18. The molecule has 1 aliphatic carbocycles. The van der Waals surface area contributed by atoms with Crippen LogP contribution in [0.2, 0.25) is 0 Å². The van der Waals surface area contributed by atoms with Crippen molar-refractivity contribution in [3.05, 3.63) is 60.9 Å². The molecule has 3 N–H and O–H groups in total. The molecule has 1 aliphatic heterocycles. The van der Waals surface area contributed by atoms with Crippen LogP contribution >= 0.6 is 0 Å². The van der Waals surface area contributed by atoms with Gasteiger partial charge in [0.05, 0.1) is 11.4 Å². The monoisotopic (exact) mass is 513 g/mol. The molecule has 0 unspecified atom stereocenters. The van der Waals surface area contributed by atoms with Crippen LogP contribution in [0.15, 0.2) is 60.9 Å². The second-order valence-corrected chi connectivity index (χ2v) is 9.96. The quantitative estimate of drug-likeness (QED) is 0.395. The average molecular weight is 514 g/mol. The predicted molar refractivity (Wildman–Crippen MR) is 144 cm³/mol. The zero-order valence-corrected chi connectivity index (χ0v) is 21.1. The standard InChI is InChI=1S/C28H31N7O3/c29-26-24-25(19-6-12-23(13-7-19)38-22-4-2-1-3-5-22)32-35(27(24)31-18-30-26)21-10-8-20(9-11-21)33-14-16-34(17-15-33)28(36)37/h1-7,12-13,18,20-21H,8-11,14-17H2,(H,36,37)(H2,29,30,31). The molecule has 2 aromatic carbocycles. The SMILES string of the molecule is Nc1ncnc2c1c(-c1ccc(Oc3ccccc3)cc1)nn2C1CCC(N2CCN(C(=O)O)CC2)CC1. The number of fused-ring (bicyclic) bond motifs is 1. The lowest BCUT2D eigenvalue weighted by molar-refractivity contribution is 0.0671. The Balaban J connectivity index is 1.20. The summed E-state index contributed by atoms with van der Waals surface area (Å²) in [7, 11) is 0. The molecule has 1 saturated carbocycles. The number of nitrogens with two attached hydrogens (primary N) is 1. The maximum Gasteiger partial charge on any atom is 0.407 e. The van der Waals surface area contributed by atoms with Crippen LogP contribution in [0.1, 0.15) is 31.7 Å². The van der Waals surface area contributed by atoms with Crippen LogP contribution in [0.3, 0.4) is 0 Å². The fourth-order valence-corrected chi connectivity index (χ4v) is 5.70. The van der Waals surface area contributed by atoms with E-state index in [0.29, 0.717) is 24.9 Å². The maximum absolute atomic E-state index is 11.2. The highest BCUT2D eigenvalue weighted by Crippen LogP contribution is 2.37. The maximum atomic E-state index is 11.2. The average Bonchev–Trinajstić information content (AvgIpc) is 3.35. The summed E-state index contributed by atoms with van der Waals surface area (Å²) in [5, 5.41) is 15.0. The molecule has 0 radical (unpaired) electrons. The summed E-state index contributed by atoms with van der Waals surface area (Å²) < 4.78 is 7.99. The lowest BCUT2D eigenvalue weighted by atomic mass is 9.90. The van der Waals surface area contributed by atoms with Crippen molar-refractivity contribution in [3.8, 4) is 22.8 Å². The predicted octanol–water partition coefficient (Wildman–Crippen LogP) is 4.65. The Kier molecular flexibility index (Phi) is 6.55. The number of aromatic nitrogens is 4. The first-order chi connectivity index (χ1) is 18.6. The molecule has 2 fully saturated rings. The summed E-state index contributed by atoms with van der Waals surface area (Å²) in [6, 6.07) is 18.2. The van der Waals surface area contributed by atoms with Crippen LogP contribution in [0.25, 0.3) is 22.3 Å². The molecule has 38 heavy (non-hydrogen) atoms. The molecule has 2 aliphatic rings. The highest BCUT2D eigenvalue weighted by molar-refractivity contribution is 5.98. The van der Waals surface area contributed by atoms with Crippen LogP contribution in [0.5, 0.6) is 11.5 Å². The summed E-state index contributed by atoms with van der Waals surface area (Å²) in [4.78, 5) is 24.0. The van der Waals surface area contributed by atoms with E-state index in [1.165, 1.54) is 11.2 Å². The van der Waals surface area contributed by atoms with E-state index in [0.717, 1.165) is 72.6 Å². The second-order valence-electron chi connectivity index (χ2n) is 9.96. The van der Waals surface area contributed by atoms with E-state index in [-0.39, 0.29) is 6.04 Å². The van der Waals surface area contributed by atoms with Crippen LogP contribution in [0, 0.1) is 0 Å². The van der Waals surface area contributed by atoms with E-state index in [1.807, 2.05) is 59.3 Å². The summed E-state index contributed by atoms with van der Waals surface area (Å²) in [5.41, 5.74) is 8.81. The number of carboxylic acid groups (broad SMARTS) is 1. The van der Waals surface area contributed by atoms with E-state index < -0.39 is 6.09 Å². The van der Waals surface area contributed by atoms with Gasteiger partial charge in [-0.15, -0.1) is 0 Å². The van der Waals surface area contributed by atoms with Crippen LogP contribution < -0.4 is 10.5 Å². The van der Waals surface area contributed by atoms with Gasteiger partial charge in [-0.3, -0.25) is 4.90 Å². The van der Waals surface area contributed by atoms with E-state index >= 15 is 0 Å². The molecule has 3 heterocycles. The molecular weight excluding hydrogens is 482 g/mol. The summed E-state index contributed by atoms with van der Waals surface area (Å²) in [5.74, 6) is 1.95. The Morgan fingerprint density at radius 1 is 0.868 bits per heavy atom. The van der Waals surface area contributed by atoms with Crippen LogP contribution in [0.4, 0.5) is 10.6 Å². The molecule has 6 rings (SSSR count). The van der Waals surface area contributed by atoms with Crippen molar-refractivity contribution in [1.29, 1.82) is 0 Å². The van der Waals surface area contributed by atoms with E-state index in [4.69, 9.17) is 15.6 Å². The number of carbonyl (C=O) groups is 1. The minimum absolute atomic E-state index is 0.220. The number of benzene rings is 2.